The smallest absolute Gasteiger partial charge is 0.225 e. The Bertz CT molecular complexity index is 685. The number of fused-ring (bicyclic) bond motifs is 1. The molecule has 0 saturated heterocycles. The second-order valence-electron chi connectivity index (χ2n) is 5.78. The van der Waals surface area contributed by atoms with Crippen LogP contribution in [-0.4, -0.2) is 30.2 Å². The normalized spacial score (nSPS) is 16.1. The first-order chi connectivity index (χ1) is 10.6. The van der Waals surface area contributed by atoms with Crippen LogP contribution in [0.15, 0.2) is 12.1 Å². The molecule has 6 nitrogen and oxygen atoms in total. The first-order valence-electron chi connectivity index (χ1n) is 7.58. The Morgan fingerprint density at radius 2 is 1.86 bits per heavy atom. The van der Waals surface area contributed by atoms with E-state index in [9.17, 15) is 0 Å². The van der Waals surface area contributed by atoms with Gasteiger partial charge in [0.1, 0.15) is 5.82 Å². The van der Waals surface area contributed by atoms with Gasteiger partial charge in [0.2, 0.25) is 5.95 Å². The van der Waals surface area contributed by atoms with Gasteiger partial charge >= 0.3 is 0 Å². The third-order valence-electron chi connectivity index (χ3n) is 4.44. The molecule has 1 aliphatic rings. The Morgan fingerprint density at radius 3 is 2.45 bits per heavy atom. The number of anilines is 2. The summed E-state index contributed by atoms with van der Waals surface area (Å²) in [6.45, 7) is 2.17. The molecule has 3 N–H and O–H groups in total. The summed E-state index contributed by atoms with van der Waals surface area (Å²) < 4.78 is 10.6. The number of nitrogens with zero attached hydrogens (tertiary/aromatic N) is 2. The van der Waals surface area contributed by atoms with Crippen LogP contribution in [0, 0.1) is 5.92 Å². The SMILES string of the molecule is COc1cc2nc(NC(C)C3CCC3)nc(N)c2cc1OC. The molecule has 0 amide bonds. The number of nitrogen functional groups attached to an aromatic ring is 1. The largest absolute Gasteiger partial charge is 0.493 e. The van der Waals surface area contributed by atoms with Crippen LogP contribution in [0.5, 0.6) is 11.5 Å². The van der Waals surface area contributed by atoms with E-state index in [4.69, 9.17) is 15.2 Å². The Balaban J connectivity index is 1.96. The number of aromatic nitrogens is 2. The molecule has 1 aromatic carbocycles. The van der Waals surface area contributed by atoms with E-state index in [1.807, 2.05) is 12.1 Å². The fraction of sp³-hybridized carbons (Fsp3) is 0.500. The van der Waals surface area contributed by atoms with E-state index in [-0.39, 0.29) is 0 Å². The summed E-state index contributed by atoms with van der Waals surface area (Å²) in [5.41, 5.74) is 6.83. The summed E-state index contributed by atoms with van der Waals surface area (Å²) in [5.74, 6) is 2.96. The van der Waals surface area contributed by atoms with E-state index in [0.717, 1.165) is 10.9 Å². The predicted molar refractivity (Wildman–Crippen MR) is 87.5 cm³/mol. The molecule has 0 spiro atoms. The maximum Gasteiger partial charge on any atom is 0.225 e. The number of benzene rings is 1. The Labute approximate surface area is 130 Å². The Morgan fingerprint density at radius 1 is 1.18 bits per heavy atom. The zero-order chi connectivity index (χ0) is 15.7. The lowest BCUT2D eigenvalue weighted by Gasteiger charge is -2.31. The fourth-order valence-electron chi connectivity index (χ4n) is 2.81. The topological polar surface area (TPSA) is 82.3 Å². The number of hydrogen-bond donors (Lipinski definition) is 2. The van der Waals surface area contributed by atoms with Gasteiger partial charge in [-0.2, -0.15) is 4.98 Å². The van der Waals surface area contributed by atoms with Crippen molar-refractivity contribution < 1.29 is 9.47 Å². The fourth-order valence-corrected chi connectivity index (χ4v) is 2.81. The Hall–Kier alpha value is -2.24. The number of hydrogen-bond acceptors (Lipinski definition) is 6. The molecule has 1 atom stereocenters. The van der Waals surface area contributed by atoms with Crippen LogP contribution in [-0.2, 0) is 0 Å². The van der Waals surface area contributed by atoms with Crippen LogP contribution in [0.4, 0.5) is 11.8 Å². The van der Waals surface area contributed by atoms with Crippen molar-refractivity contribution in [3.63, 3.8) is 0 Å². The molecule has 118 valence electrons. The van der Waals surface area contributed by atoms with Crippen molar-refractivity contribution in [1.29, 1.82) is 0 Å². The molecule has 2 aromatic rings. The molecular weight excluding hydrogens is 280 g/mol. The molecule has 0 aliphatic heterocycles. The third kappa shape index (κ3) is 2.61. The van der Waals surface area contributed by atoms with E-state index < -0.39 is 0 Å². The van der Waals surface area contributed by atoms with Crippen molar-refractivity contribution in [2.24, 2.45) is 5.92 Å². The van der Waals surface area contributed by atoms with Crippen LogP contribution in [0.2, 0.25) is 0 Å². The van der Waals surface area contributed by atoms with Crippen LogP contribution in [0.25, 0.3) is 10.9 Å². The first-order valence-corrected chi connectivity index (χ1v) is 7.58. The maximum absolute atomic E-state index is 6.08. The van der Waals surface area contributed by atoms with Gasteiger partial charge in [-0.1, -0.05) is 6.42 Å². The molecule has 1 saturated carbocycles. The van der Waals surface area contributed by atoms with Gasteiger partial charge in [0.25, 0.3) is 0 Å². The molecule has 1 aromatic heterocycles. The molecule has 1 aliphatic carbocycles. The minimum absolute atomic E-state index is 0.353. The van der Waals surface area contributed by atoms with E-state index >= 15 is 0 Å². The van der Waals surface area contributed by atoms with Crippen molar-refractivity contribution in [3.8, 4) is 11.5 Å². The van der Waals surface area contributed by atoms with E-state index in [1.165, 1.54) is 19.3 Å². The van der Waals surface area contributed by atoms with Gasteiger partial charge in [0.05, 0.1) is 19.7 Å². The highest BCUT2D eigenvalue weighted by molar-refractivity contribution is 5.91. The molecule has 0 bridgehead atoms. The van der Waals surface area contributed by atoms with Crippen LogP contribution < -0.4 is 20.5 Å². The highest BCUT2D eigenvalue weighted by Gasteiger charge is 2.24. The lowest BCUT2D eigenvalue weighted by molar-refractivity contribution is 0.284. The standard InChI is InChI=1S/C16H22N4O2/c1-9(10-5-4-6-10)18-16-19-12-8-14(22-3)13(21-2)7-11(12)15(17)20-16/h7-10H,4-6H2,1-3H3,(H3,17,18,19,20). The summed E-state index contributed by atoms with van der Waals surface area (Å²) in [6.07, 6.45) is 3.85. The average molecular weight is 302 g/mol. The van der Waals surface area contributed by atoms with Crippen molar-refractivity contribution >= 4 is 22.7 Å². The van der Waals surface area contributed by atoms with E-state index in [0.29, 0.717) is 35.2 Å². The van der Waals surface area contributed by atoms with Gasteiger partial charge in [-0.05, 0) is 31.7 Å². The summed E-state index contributed by atoms with van der Waals surface area (Å²) in [7, 11) is 3.20. The molecule has 1 fully saturated rings. The number of ether oxygens (including phenoxy) is 2. The maximum atomic E-state index is 6.08. The number of methoxy groups -OCH3 is 2. The zero-order valence-corrected chi connectivity index (χ0v) is 13.2. The minimum Gasteiger partial charge on any atom is -0.493 e. The molecule has 22 heavy (non-hydrogen) atoms. The molecule has 0 radical (unpaired) electrons. The molecule has 1 heterocycles. The van der Waals surface area contributed by atoms with Gasteiger partial charge in [-0.3, -0.25) is 0 Å². The highest BCUT2D eigenvalue weighted by Crippen LogP contribution is 2.34. The van der Waals surface area contributed by atoms with Crippen LogP contribution in [0.3, 0.4) is 0 Å². The third-order valence-corrected chi connectivity index (χ3v) is 4.44. The van der Waals surface area contributed by atoms with Crippen molar-refractivity contribution in [1.82, 2.24) is 9.97 Å². The van der Waals surface area contributed by atoms with Crippen molar-refractivity contribution in [3.05, 3.63) is 12.1 Å². The van der Waals surface area contributed by atoms with Gasteiger partial charge in [0, 0.05) is 17.5 Å². The van der Waals surface area contributed by atoms with Gasteiger partial charge in [-0.15, -0.1) is 0 Å². The van der Waals surface area contributed by atoms with Gasteiger partial charge in [-0.25, -0.2) is 4.98 Å². The van der Waals surface area contributed by atoms with Gasteiger partial charge in [0.15, 0.2) is 11.5 Å². The predicted octanol–water partition coefficient (Wildman–Crippen LogP) is 2.83. The second kappa shape index (κ2) is 5.87. The molecule has 3 rings (SSSR count). The van der Waals surface area contributed by atoms with Crippen molar-refractivity contribution in [2.75, 3.05) is 25.3 Å². The lowest BCUT2D eigenvalue weighted by atomic mass is 9.80. The number of nitrogens with one attached hydrogen (secondary N) is 1. The van der Waals surface area contributed by atoms with E-state index in [1.54, 1.807) is 14.2 Å². The molecule has 1 unspecified atom stereocenters. The van der Waals surface area contributed by atoms with Crippen LogP contribution in [0.1, 0.15) is 26.2 Å². The van der Waals surface area contributed by atoms with Crippen LogP contribution >= 0.6 is 0 Å². The highest BCUT2D eigenvalue weighted by atomic mass is 16.5. The summed E-state index contributed by atoms with van der Waals surface area (Å²) in [6, 6.07) is 3.99. The average Bonchev–Trinajstić information content (AvgIpc) is 2.44. The van der Waals surface area contributed by atoms with Crippen molar-refractivity contribution in [2.45, 2.75) is 32.2 Å². The second-order valence-corrected chi connectivity index (χ2v) is 5.78. The first kappa shape index (κ1) is 14.7. The van der Waals surface area contributed by atoms with Gasteiger partial charge < -0.3 is 20.5 Å². The zero-order valence-electron chi connectivity index (χ0n) is 13.2. The molecule has 6 heteroatoms. The summed E-state index contributed by atoms with van der Waals surface area (Å²) >= 11 is 0. The molecular formula is C16H22N4O2. The lowest BCUT2D eigenvalue weighted by Crippen LogP contribution is -2.31. The number of nitrogens with two attached hydrogens (primary N) is 1. The monoisotopic (exact) mass is 302 g/mol. The minimum atomic E-state index is 0.353. The Kier molecular flexibility index (Phi) is 3.92. The summed E-state index contributed by atoms with van der Waals surface area (Å²) in [5, 5.41) is 4.13. The summed E-state index contributed by atoms with van der Waals surface area (Å²) in [4.78, 5) is 8.94. The number of rotatable bonds is 5. The van der Waals surface area contributed by atoms with E-state index in [2.05, 4.69) is 22.2 Å². The quantitative estimate of drug-likeness (QED) is 0.883.